The van der Waals surface area contributed by atoms with Crippen molar-refractivity contribution in [3.63, 3.8) is 0 Å². The molecule has 0 aromatic carbocycles. The monoisotopic (exact) mass is 296 g/mol. The minimum Gasteiger partial charge on any atom is -0.413 e. The first-order chi connectivity index (χ1) is 8.93. The van der Waals surface area contributed by atoms with Crippen molar-refractivity contribution >= 4 is 8.32 Å². The Balaban J connectivity index is 2.92. The van der Waals surface area contributed by atoms with Crippen LogP contribution in [-0.4, -0.2) is 26.6 Å². The third-order valence-corrected chi connectivity index (χ3v) is 9.76. The lowest BCUT2D eigenvalue weighted by atomic mass is 9.72. The van der Waals surface area contributed by atoms with Gasteiger partial charge in [0, 0.05) is 5.41 Å². The fourth-order valence-corrected chi connectivity index (χ4v) is 3.36. The van der Waals surface area contributed by atoms with Gasteiger partial charge in [0.25, 0.3) is 0 Å². The zero-order valence-electron chi connectivity index (χ0n) is 14.6. The van der Waals surface area contributed by atoms with Crippen LogP contribution in [0.15, 0.2) is 22.8 Å². The van der Waals surface area contributed by atoms with E-state index in [4.69, 9.17) is 4.43 Å². The predicted octanol–water partition coefficient (Wildman–Crippen LogP) is 4.67. The number of aliphatic hydroxyl groups is 1. The van der Waals surface area contributed by atoms with Gasteiger partial charge in [-0.05, 0) is 42.6 Å². The minimum atomic E-state index is -1.73. The second kappa shape index (κ2) is 5.78. The van der Waals surface area contributed by atoms with Crippen molar-refractivity contribution < 1.29 is 9.53 Å². The normalized spacial score (nSPS) is 20.1. The summed E-state index contributed by atoms with van der Waals surface area (Å²) in [6, 6.07) is 0. The zero-order valence-corrected chi connectivity index (χ0v) is 15.6. The summed E-state index contributed by atoms with van der Waals surface area (Å²) in [5.41, 5.74) is 3.79. The molecule has 1 N–H and O–H groups in total. The van der Waals surface area contributed by atoms with Gasteiger partial charge in [0.2, 0.25) is 0 Å². The van der Waals surface area contributed by atoms with E-state index in [1.165, 1.54) is 11.1 Å². The van der Waals surface area contributed by atoms with Crippen LogP contribution >= 0.6 is 0 Å². The molecule has 1 aliphatic carbocycles. The van der Waals surface area contributed by atoms with Gasteiger partial charge < -0.3 is 9.53 Å². The van der Waals surface area contributed by atoms with Crippen molar-refractivity contribution in [2.75, 3.05) is 13.2 Å². The summed E-state index contributed by atoms with van der Waals surface area (Å²) < 4.78 is 6.40. The largest absolute Gasteiger partial charge is 0.413 e. The molecule has 1 rings (SSSR count). The van der Waals surface area contributed by atoms with Crippen molar-refractivity contribution in [3.8, 4) is 0 Å². The summed E-state index contributed by atoms with van der Waals surface area (Å²) in [5.74, 6) is 0. The summed E-state index contributed by atoms with van der Waals surface area (Å²) in [7, 11) is -1.73. The molecular formula is C17H32O2Si. The van der Waals surface area contributed by atoms with E-state index in [0.29, 0.717) is 6.61 Å². The summed E-state index contributed by atoms with van der Waals surface area (Å²) in [5, 5.41) is 9.80. The first-order valence-electron chi connectivity index (χ1n) is 7.57. The van der Waals surface area contributed by atoms with Crippen LogP contribution in [0.4, 0.5) is 0 Å². The number of hydrogen-bond donors (Lipinski definition) is 1. The van der Waals surface area contributed by atoms with Crippen molar-refractivity contribution in [2.24, 2.45) is 5.41 Å². The minimum absolute atomic E-state index is 0.0839. The van der Waals surface area contributed by atoms with Crippen LogP contribution in [0, 0.1) is 5.41 Å². The quantitative estimate of drug-likeness (QED) is 0.603. The molecule has 0 spiro atoms. The van der Waals surface area contributed by atoms with Gasteiger partial charge in [0.1, 0.15) is 0 Å². The molecule has 3 heteroatoms. The molecule has 0 bridgehead atoms. The number of aliphatic hydroxyl groups excluding tert-OH is 1. The van der Waals surface area contributed by atoms with Crippen molar-refractivity contribution in [3.05, 3.63) is 22.8 Å². The highest BCUT2D eigenvalue weighted by molar-refractivity contribution is 6.74. The van der Waals surface area contributed by atoms with Gasteiger partial charge in [-0.1, -0.05) is 46.3 Å². The molecule has 0 heterocycles. The highest BCUT2D eigenvalue weighted by Gasteiger charge is 2.39. The Hall–Kier alpha value is -0.383. The lowest BCUT2D eigenvalue weighted by molar-refractivity contribution is 0.265. The summed E-state index contributed by atoms with van der Waals surface area (Å²) in [6.45, 7) is 18.8. The fourth-order valence-electron chi connectivity index (χ4n) is 2.42. The van der Waals surface area contributed by atoms with Gasteiger partial charge in [-0.2, -0.15) is 0 Å². The molecule has 0 saturated carbocycles. The molecular weight excluding hydrogens is 264 g/mol. The van der Waals surface area contributed by atoms with E-state index in [-0.39, 0.29) is 17.1 Å². The molecule has 0 saturated heterocycles. The Bertz CT molecular complexity index is 423. The van der Waals surface area contributed by atoms with Crippen LogP contribution in [0.5, 0.6) is 0 Å². The van der Waals surface area contributed by atoms with Crippen LogP contribution < -0.4 is 0 Å². The maximum atomic E-state index is 9.57. The number of allylic oxidation sites excluding steroid dienone is 2. The van der Waals surface area contributed by atoms with Crippen molar-refractivity contribution in [1.29, 1.82) is 0 Å². The number of hydrogen-bond acceptors (Lipinski definition) is 2. The second-order valence-electron chi connectivity index (χ2n) is 8.02. The molecule has 0 amide bonds. The Kier molecular flexibility index (Phi) is 5.11. The lowest BCUT2D eigenvalue weighted by Crippen LogP contribution is -2.42. The second-order valence-corrected chi connectivity index (χ2v) is 12.8. The summed E-state index contributed by atoms with van der Waals surface area (Å²) >= 11 is 0. The molecule has 0 aromatic heterocycles. The topological polar surface area (TPSA) is 29.5 Å². The molecule has 20 heavy (non-hydrogen) atoms. The zero-order chi connectivity index (χ0) is 15.8. The third-order valence-electron chi connectivity index (χ3n) is 5.28. The van der Waals surface area contributed by atoms with Gasteiger partial charge in [-0.15, -0.1) is 0 Å². The highest BCUT2D eigenvalue weighted by Crippen LogP contribution is 2.43. The van der Waals surface area contributed by atoms with E-state index < -0.39 is 8.32 Å². The Morgan fingerprint density at radius 1 is 1.30 bits per heavy atom. The molecule has 116 valence electrons. The van der Waals surface area contributed by atoms with E-state index in [0.717, 1.165) is 12.0 Å². The average molecular weight is 297 g/mol. The SMILES string of the molecule is CC1=C(CO[Si](C)(C)C(C)(C)C)C(C)(C)C(CO)=CC1. The average Bonchev–Trinajstić information content (AvgIpc) is 2.26. The summed E-state index contributed by atoms with van der Waals surface area (Å²) in [6.07, 6.45) is 3.11. The molecule has 0 unspecified atom stereocenters. The van der Waals surface area contributed by atoms with Crippen molar-refractivity contribution in [2.45, 2.75) is 66.1 Å². The van der Waals surface area contributed by atoms with Gasteiger partial charge in [0.05, 0.1) is 13.2 Å². The molecule has 0 radical (unpaired) electrons. The lowest BCUT2D eigenvalue weighted by Gasteiger charge is -2.40. The third kappa shape index (κ3) is 3.44. The van der Waals surface area contributed by atoms with E-state index in [2.05, 4.69) is 60.7 Å². The molecule has 0 fully saturated rings. The van der Waals surface area contributed by atoms with E-state index >= 15 is 0 Å². The molecule has 2 nitrogen and oxygen atoms in total. The Morgan fingerprint density at radius 2 is 1.85 bits per heavy atom. The van der Waals surface area contributed by atoms with Crippen LogP contribution in [0.25, 0.3) is 0 Å². The van der Waals surface area contributed by atoms with E-state index in [1.807, 2.05) is 0 Å². The van der Waals surface area contributed by atoms with Crippen LogP contribution in [-0.2, 0) is 4.43 Å². The highest BCUT2D eigenvalue weighted by atomic mass is 28.4. The first-order valence-corrected chi connectivity index (χ1v) is 10.5. The maximum absolute atomic E-state index is 9.57. The summed E-state index contributed by atoms with van der Waals surface area (Å²) in [4.78, 5) is 0. The molecule has 0 atom stereocenters. The van der Waals surface area contributed by atoms with Crippen LogP contribution in [0.1, 0.15) is 48.0 Å². The molecule has 0 aromatic rings. The van der Waals surface area contributed by atoms with Gasteiger partial charge >= 0.3 is 0 Å². The van der Waals surface area contributed by atoms with E-state index in [1.54, 1.807) is 0 Å². The molecule has 0 aliphatic heterocycles. The Morgan fingerprint density at radius 3 is 2.30 bits per heavy atom. The van der Waals surface area contributed by atoms with E-state index in [9.17, 15) is 5.11 Å². The van der Waals surface area contributed by atoms with Crippen LogP contribution in [0.3, 0.4) is 0 Å². The fraction of sp³-hybridized carbons (Fsp3) is 0.765. The standard InChI is InChI=1S/C17H32O2Si/c1-13-9-10-14(11-18)17(5,6)15(13)12-19-20(7,8)16(2,3)4/h10,18H,9,11-12H2,1-8H3. The van der Waals surface area contributed by atoms with Crippen molar-refractivity contribution in [1.82, 2.24) is 0 Å². The smallest absolute Gasteiger partial charge is 0.192 e. The predicted molar refractivity (Wildman–Crippen MR) is 89.4 cm³/mol. The van der Waals surface area contributed by atoms with Gasteiger partial charge in [-0.25, -0.2) is 0 Å². The van der Waals surface area contributed by atoms with Crippen LogP contribution in [0.2, 0.25) is 18.1 Å². The Labute approximate surface area is 126 Å². The number of rotatable bonds is 4. The van der Waals surface area contributed by atoms with Gasteiger partial charge in [-0.3, -0.25) is 0 Å². The van der Waals surface area contributed by atoms with Gasteiger partial charge in [0.15, 0.2) is 8.32 Å². The molecule has 1 aliphatic rings. The first kappa shape index (κ1) is 17.7. The maximum Gasteiger partial charge on any atom is 0.192 e.